The second-order valence-electron chi connectivity index (χ2n) is 6.89. The maximum atomic E-state index is 4.58. The summed E-state index contributed by atoms with van der Waals surface area (Å²) in [6.45, 7) is 3.74. The van der Waals surface area contributed by atoms with E-state index in [1.165, 1.54) is 0 Å². The van der Waals surface area contributed by atoms with Crippen molar-refractivity contribution in [2.24, 2.45) is 0 Å². The number of piperidine rings is 1. The van der Waals surface area contributed by atoms with Crippen LogP contribution in [0.25, 0.3) is 16.7 Å². The van der Waals surface area contributed by atoms with Crippen molar-refractivity contribution >= 4 is 16.9 Å². The minimum absolute atomic E-state index is 0.304. The summed E-state index contributed by atoms with van der Waals surface area (Å²) in [4.78, 5) is 15.9. The Morgan fingerprint density at radius 1 is 1.15 bits per heavy atom. The first-order chi connectivity index (χ1) is 13.3. The number of aromatic nitrogens is 7. The maximum Gasteiger partial charge on any atom is 0.168 e. The monoisotopic (exact) mass is 360 g/mol. The molecule has 1 aromatic carbocycles. The Hall–Kier alpha value is -3.29. The molecule has 1 atom stereocenters. The van der Waals surface area contributed by atoms with Gasteiger partial charge in [-0.05, 0) is 31.9 Å². The highest BCUT2D eigenvalue weighted by Crippen LogP contribution is 2.31. The van der Waals surface area contributed by atoms with Gasteiger partial charge in [0.15, 0.2) is 11.5 Å². The van der Waals surface area contributed by atoms with E-state index in [9.17, 15) is 0 Å². The van der Waals surface area contributed by atoms with Crippen LogP contribution in [0.15, 0.2) is 42.9 Å². The fourth-order valence-corrected chi connectivity index (χ4v) is 3.76. The van der Waals surface area contributed by atoms with Crippen molar-refractivity contribution in [2.45, 2.75) is 25.7 Å². The van der Waals surface area contributed by atoms with E-state index in [2.05, 4.69) is 35.1 Å². The van der Waals surface area contributed by atoms with Crippen LogP contribution in [-0.4, -0.2) is 48.0 Å². The van der Waals surface area contributed by atoms with Gasteiger partial charge in [0.2, 0.25) is 0 Å². The summed E-state index contributed by atoms with van der Waals surface area (Å²) in [5, 5.41) is 12.8. The number of fused-ring (bicyclic) bond motifs is 1. The highest BCUT2D eigenvalue weighted by atomic mass is 15.3. The number of para-hydroxylation sites is 1. The smallest absolute Gasteiger partial charge is 0.168 e. The molecule has 27 heavy (non-hydrogen) atoms. The average Bonchev–Trinajstić information content (AvgIpc) is 3.35. The molecule has 5 rings (SSSR count). The van der Waals surface area contributed by atoms with E-state index in [0.717, 1.165) is 60.1 Å². The lowest BCUT2D eigenvalue weighted by Gasteiger charge is -2.32. The van der Waals surface area contributed by atoms with Gasteiger partial charge < -0.3 is 4.90 Å². The number of rotatable bonds is 3. The fourth-order valence-electron chi connectivity index (χ4n) is 3.76. The van der Waals surface area contributed by atoms with Crippen molar-refractivity contribution in [1.82, 2.24) is 34.9 Å². The van der Waals surface area contributed by atoms with E-state index in [0.29, 0.717) is 5.92 Å². The van der Waals surface area contributed by atoms with Gasteiger partial charge in [-0.1, -0.05) is 18.2 Å². The third kappa shape index (κ3) is 2.83. The van der Waals surface area contributed by atoms with Crippen molar-refractivity contribution in [3.8, 4) is 5.69 Å². The second-order valence-corrected chi connectivity index (χ2v) is 6.89. The molecule has 4 aromatic rings. The molecular formula is C19H20N8. The predicted octanol–water partition coefficient (Wildman–Crippen LogP) is 2.63. The predicted molar refractivity (Wildman–Crippen MR) is 102 cm³/mol. The standard InChI is InChI=1S/C19H20N8/c1-13-23-17(25-24-13)14-6-5-9-26(11-14)18-16-10-22-27(19(16)21-12-20-18)15-7-3-2-4-8-15/h2-4,7-8,10,12,14H,5-6,9,11H2,1H3,(H,23,24,25). The molecule has 3 aromatic heterocycles. The summed E-state index contributed by atoms with van der Waals surface area (Å²) in [6.07, 6.45) is 5.65. The van der Waals surface area contributed by atoms with Crippen molar-refractivity contribution in [1.29, 1.82) is 0 Å². The van der Waals surface area contributed by atoms with E-state index >= 15 is 0 Å². The summed E-state index contributed by atoms with van der Waals surface area (Å²) in [6, 6.07) is 10.0. The minimum Gasteiger partial charge on any atom is -0.355 e. The van der Waals surface area contributed by atoms with E-state index in [1.807, 2.05) is 48.1 Å². The Labute approximate surface area is 156 Å². The normalized spacial score (nSPS) is 17.5. The number of hydrogen-bond donors (Lipinski definition) is 1. The molecule has 0 amide bonds. The molecule has 0 radical (unpaired) electrons. The van der Waals surface area contributed by atoms with Gasteiger partial charge in [0, 0.05) is 19.0 Å². The van der Waals surface area contributed by atoms with Gasteiger partial charge in [-0.25, -0.2) is 19.6 Å². The number of H-pyrrole nitrogens is 1. The van der Waals surface area contributed by atoms with Crippen LogP contribution in [0.5, 0.6) is 0 Å². The first kappa shape index (κ1) is 15.9. The molecule has 1 aliphatic heterocycles. The Balaban J connectivity index is 1.50. The van der Waals surface area contributed by atoms with Crippen LogP contribution < -0.4 is 4.90 Å². The van der Waals surface area contributed by atoms with E-state index < -0.39 is 0 Å². The molecule has 0 saturated carbocycles. The summed E-state index contributed by atoms with van der Waals surface area (Å²) in [5.41, 5.74) is 1.81. The lowest BCUT2D eigenvalue weighted by molar-refractivity contribution is 0.490. The number of aromatic amines is 1. The minimum atomic E-state index is 0.304. The van der Waals surface area contributed by atoms with Crippen molar-refractivity contribution in [3.05, 3.63) is 54.5 Å². The van der Waals surface area contributed by atoms with Gasteiger partial charge in [-0.15, -0.1) is 0 Å². The number of nitrogens with one attached hydrogen (secondary N) is 1. The van der Waals surface area contributed by atoms with Gasteiger partial charge >= 0.3 is 0 Å². The molecule has 8 heteroatoms. The highest BCUT2D eigenvalue weighted by Gasteiger charge is 2.26. The van der Waals surface area contributed by atoms with Gasteiger partial charge in [0.1, 0.15) is 18.0 Å². The summed E-state index contributed by atoms with van der Waals surface area (Å²) in [7, 11) is 0. The van der Waals surface area contributed by atoms with Gasteiger partial charge in [0.05, 0.1) is 17.3 Å². The van der Waals surface area contributed by atoms with Crippen molar-refractivity contribution in [2.75, 3.05) is 18.0 Å². The number of benzene rings is 1. The third-order valence-corrected chi connectivity index (χ3v) is 5.05. The highest BCUT2D eigenvalue weighted by molar-refractivity contribution is 5.87. The first-order valence-corrected chi connectivity index (χ1v) is 9.17. The molecule has 0 bridgehead atoms. The van der Waals surface area contributed by atoms with E-state index in [-0.39, 0.29) is 0 Å². The maximum absolute atomic E-state index is 4.58. The average molecular weight is 360 g/mol. The molecule has 4 heterocycles. The summed E-state index contributed by atoms with van der Waals surface area (Å²) < 4.78 is 1.86. The quantitative estimate of drug-likeness (QED) is 0.604. The van der Waals surface area contributed by atoms with Crippen LogP contribution in [0.1, 0.15) is 30.4 Å². The number of anilines is 1. The molecule has 136 valence electrons. The lowest BCUT2D eigenvalue weighted by Crippen LogP contribution is -2.35. The van der Waals surface area contributed by atoms with Gasteiger partial charge in [-0.2, -0.15) is 10.2 Å². The largest absolute Gasteiger partial charge is 0.355 e. The Bertz CT molecular complexity index is 1070. The molecule has 1 unspecified atom stereocenters. The lowest BCUT2D eigenvalue weighted by atomic mass is 9.97. The summed E-state index contributed by atoms with van der Waals surface area (Å²) >= 11 is 0. The van der Waals surface area contributed by atoms with E-state index in [4.69, 9.17) is 0 Å². The Morgan fingerprint density at radius 2 is 2.04 bits per heavy atom. The van der Waals surface area contributed by atoms with Crippen LogP contribution in [0.4, 0.5) is 5.82 Å². The molecule has 8 nitrogen and oxygen atoms in total. The zero-order valence-electron chi connectivity index (χ0n) is 15.1. The van der Waals surface area contributed by atoms with Gasteiger partial charge in [0.25, 0.3) is 0 Å². The molecule has 0 spiro atoms. The molecular weight excluding hydrogens is 340 g/mol. The Morgan fingerprint density at radius 3 is 2.85 bits per heavy atom. The fraction of sp³-hybridized carbons (Fsp3) is 0.316. The van der Waals surface area contributed by atoms with Crippen LogP contribution in [-0.2, 0) is 0 Å². The van der Waals surface area contributed by atoms with Crippen molar-refractivity contribution in [3.63, 3.8) is 0 Å². The van der Waals surface area contributed by atoms with Crippen LogP contribution in [0.3, 0.4) is 0 Å². The summed E-state index contributed by atoms with van der Waals surface area (Å²) in [5.74, 6) is 2.98. The van der Waals surface area contributed by atoms with Crippen LogP contribution >= 0.6 is 0 Å². The van der Waals surface area contributed by atoms with Crippen molar-refractivity contribution < 1.29 is 0 Å². The molecule has 0 aliphatic carbocycles. The topological polar surface area (TPSA) is 88.4 Å². The van der Waals surface area contributed by atoms with Gasteiger partial charge in [-0.3, -0.25) is 5.10 Å². The van der Waals surface area contributed by atoms with Crippen LogP contribution in [0, 0.1) is 6.92 Å². The zero-order chi connectivity index (χ0) is 18.2. The molecule has 1 N–H and O–H groups in total. The van der Waals surface area contributed by atoms with Crippen LogP contribution in [0.2, 0.25) is 0 Å². The SMILES string of the molecule is Cc1nc(C2CCCN(c3ncnc4c3cnn4-c3ccccc3)C2)n[nH]1. The number of nitrogens with zero attached hydrogens (tertiary/aromatic N) is 7. The number of aryl methyl sites for hydroxylation is 1. The first-order valence-electron chi connectivity index (χ1n) is 9.17. The molecule has 1 saturated heterocycles. The molecule has 1 aliphatic rings. The Kier molecular flexibility index (Phi) is 3.81. The van der Waals surface area contributed by atoms with E-state index in [1.54, 1.807) is 6.33 Å². The zero-order valence-corrected chi connectivity index (χ0v) is 15.1. The molecule has 1 fully saturated rings. The number of hydrogen-bond acceptors (Lipinski definition) is 6. The second kappa shape index (κ2) is 6.46. The third-order valence-electron chi connectivity index (χ3n) is 5.05.